The molecular formula is C12H21NO3S. The third-order valence-corrected chi connectivity index (χ3v) is 5.74. The van der Waals surface area contributed by atoms with Crippen LogP contribution in [0.15, 0.2) is 0 Å². The second kappa shape index (κ2) is 4.96. The summed E-state index contributed by atoms with van der Waals surface area (Å²) in [6.07, 6.45) is 5.07. The summed E-state index contributed by atoms with van der Waals surface area (Å²) >= 11 is 0. The maximum absolute atomic E-state index is 12.3. The van der Waals surface area contributed by atoms with Gasteiger partial charge in [0.15, 0.2) is 9.84 Å². The second-order valence-electron chi connectivity index (χ2n) is 5.16. The van der Waals surface area contributed by atoms with E-state index < -0.39 is 9.84 Å². The summed E-state index contributed by atoms with van der Waals surface area (Å²) in [6.45, 7) is 2.69. The summed E-state index contributed by atoms with van der Waals surface area (Å²) < 4.78 is 22.8. The van der Waals surface area contributed by atoms with Gasteiger partial charge in [0.1, 0.15) is 0 Å². The first-order chi connectivity index (χ1) is 8.03. The highest BCUT2D eigenvalue weighted by molar-refractivity contribution is 7.91. The average Bonchev–Trinajstić information content (AvgIpc) is 2.88. The third kappa shape index (κ3) is 2.81. The minimum atomic E-state index is -2.95. The van der Waals surface area contributed by atoms with E-state index in [0.717, 1.165) is 12.8 Å². The molecule has 17 heavy (non-hydrogen) atoms. The molecule has 0 aromatic heterocycles. The molecule has 1 amide bonds. The van der Waals surface area contributed by atoms with Gasteiger partial charge in [-0.2, -0.15) is 0 Å². The van der Waals surface area contributed by atoms with Crippen molar-refractivity contribution in [2.75, 3.05) is 18.1 Å². The number of amides is 1. The lowest BCUT2D eigenvalue weighted by atomic mass is 10.1. The first-order valence-corrected chi connectivity index (χ1v) is 8.36. The van der Waals surface area contributed by atoms with Crippen LogP contribution in [0.25, 0.3) is 0 Å². The molecule has 5 heteroatoms. The van der Waals surface area contributed by atoms with Crippen LogP contribution in [0, 0.1) is 5.92 Å². The minimum absolute atomic E-state index is 0.0645. The summed E-state index contributed by atoms with van der Waals surface area (Å²) in [5, 5.41) is 0. The van der Waals surface area contributed by atoms with Gasteiger partial charge in [-0.05, 0) is 26.2 Å². The van der Waals surface area contributed by atoms with E-state index in [1.165, 1.54) is 12.8 Å². The van der Waals surface area contributed by atoms with Gasteiger partial charge in [0.05, 0.1) is 17.4 Å². The quantitative estimate of drug-likeness (QED) is 0.765. The Morgan fingerprint density at radius 2 is 1.88 bits per heavy atom. The van der Waals surface area contributed by atoms with Gasteiger partial charge in [0, 0.05) is 12.6 Å². The molecule has 0 N–H and O–H groups in total. The molecule has 2 fully saturated rings. The fourth-order valence-electron chi connectivity index (χ4n) is 3.03. The van der Waals surface area contributed by atoms with Crippen molar-refractivity contribution >= 4 is 15.7 Å². The SMILES string of the molecule is CCN(C(=O)C1CCS(=O)(=O)C1)C1CCCC1. The van der Waals surface area contributed by atoms with E-state index in [1.807, 2.05) is 11.8 Å². The normalized spacial score (nSPS) is 28.4. The molecule has 0 aromatic rings. The van der Waals surface area contributed by atoms with Crippen molar-refractivity contribution in [1.82, 2.24) is 4.90 Å². The minimum Gasteiger partial charge on any atom is -0.340 e. The Balaban J connectivity index is 2.02. The number of hydrogen-bond donors (Lipinski definition) is 0. The number of carbonyl (C=O) groups excluding carboxylic acids is 1. The predicted molar refractivity (Wildman–Crippen MR) is 66.4 cm³/mol. The fraction of sp³-hybridized carbons (Fsp3) is 0.917. The molecule has 1 aliphatic carbocycles. The monoisotopic (exact) mass is 259 g/mol. The van der Waals surface area contributed by atoms with E-state index >= 15 is 0 Å². The molecule has 1 aliphatic heterocycles. The molecular weight excluding hydrogens is 238 g/mol. The zero-order valence-electron chi connectivity index (χ0n) is 10.4. The second-order valence-corrected chi connectivity index (χ2v) is 7.39. The van der Waals surface area contributed by atoms with Crippen LogP contribution in [-0.2, 0) is 14.6 Å². The highest BCUT2D eigenvalue weighted by atomic mass is 32.2. The van der Waals surface area contributed by atoms with Crippen LogP contribution in [-0.4, -0.2) is 43.3 Å². The molecule has 1 atom stereocenters. The molecule has 1 saturated carbocycles. The number of sulfone groups is 1. The average molecular weight is 259 g/mol. The molecule has 1 heterocycles. The molecule has 0 bridgehead atoms. The first kappa shape index (κ1) is 12.9. The van der Waals surface area contributed by atoms with Crippen LogP contribution in [0.3, 0.4) is 0 Å². The summed E-state index contributed by atoms with van der Waals surface area (Å²) in [5.74, 6) is 0.0433. The molecule has 0 radical (unpaired) electrons. The highest BCUT2D eigenvalue weighted by Crippen LogP contribution is 2.27. The molecule has 2 aliphatic rings. The zero-order chi connectivity index (χ0) is 12.5. The standard InChI is InChI=1S/C12H21NO3S/c1-2-13(11-5-3-4-6-11)12(14)10-7-8-17(15,16)9-10/h10-11H,2-9H2,1H3. The number of rotatable bonds is 3. The Kier molecular flexibility index (Phi) is 3.76. The number of carbonyl (C=O) groups is 1. The van der Waals surface area contributed by atoms with Crippen molar-refractivity contribution in [2.45, 2.75) is 45.1 Å². The predicted octanol–water partition coefficient (Wildman–Crippen LogP) is 1.21. The molecule has 1 unspecified atom stereocenters. The van der Waals surface area contributed by atoms with Gasteiger partial charge >= 0.3 is 0 Å². The topological polar surface area (TPSA) is 54.5 Å². The van der Waals surface area contributed by atoms with Gasteiger partial charge in [0.25, 0.3) is 0 Å². The number of hydrogen-bond acceptors (Lipinski definition) is 3. The van der Waals surface area contributed by atoms with E-state index in [-0.39, 0.29) is 23.3 Å². The van der Waals surface area contributed by atoms with Gasteiger partial charge in [-0.25, -0.2) is 8.42 Å². The molecule has 2 rings (SSSR count). The Hall–Kier alpha value is -0.580. The van der Waals surface area contributed by atoms with Crippen molar-refractivity contribution in [2.24, 2.45) is 5.92 Å². The lowest BCUT2D eigenvalue weighted by molar-refractivity contribution is -0.136. The largest absolute Gasteiger partial charge is 0.340 e. The smallest absolute Gasteiger partial charge is 0.226 e. The Bertz CT molecular complexity index is 385. The van der Waals surface area contributed by atoms with Crippen molar-refractivity contribution in [1.29, 1.82) is 0 Å². The van der Waals surface area contributed by atoms with Crippen LogP contribution in [0.4, 0.5) is 0 Å². The fourth-order valence-corrected chi connectivity index (χ4v) is 4.77. The van der Waals surface area contributed by atoms with Crippen LogP contribution >= 0.6 is 0 Å². The molecule has 0 aromatic carbocycles. The molecule has 4 nitrogen and oxygen atoms in total. The van der Waals surface area contributed by atoms with E-state index in [0.29, 0.717) is 19.0 Å². The van der Waals surface area contributed by atoms with Gasteiger partial charge in [-0.3, -0.25) is 4.79 Å². The van der Waals surface area contributed by atoms with Gasteiger partial charge in [-0.1, -0.05) is 12.8 Å². The van der Waals surface area contributed by atoms with Crippen molar-refractivity contribution < 1.29 is 13.2 Å². The Labute approximate surface area is 103 Å². The van der Waals surface area contributed by atoms with Crippen LogP contribution in [0.1, 0.15) is 39.0 Å². The Morgan fingerprint density at radius 1 is 1.24 bits per heavy atom. The van der Waals surface area contributed by atoms with Crippen LogP contribution < -0.4 is 0 Å². The van der Waals surface area contributed by atoms with E-state index in [9.17, 15) is 13.2 Å². The summed E-state index contributed by atoms with van der Waals surface area (Å²) in [6, 6.07) is 0.357. The third-order valence-electron chi connectivity index (χ3n) is 3.97. The van der Waals surface area contributed by atoms with Crippen molar-refractivity contribution in [3.05, 3.63) is 0 Å². The van der Waals surface area contributed by atoms with Crippen LogP contribution in [0.2, 0.25) is 0 Å². The maximum Gasteiger partial charge on any atom is 0.226 e. The molecule has 98 valence electrons. The number of nitrogens with zero attached hydrogens (tertiary/aromatic N) is 1. The summed E-state index contributed by atoms with van der Waals surface area (Å²) in [4.78, 5) is 14.2. The summed E-state index contributed by atoms with van der Waals surface area (Å²) in [7, 11) is -2.95. The molecule has 0 spiro atoms. The summed E-state index contributed by atoms with van der Waals surface area (Å²) in [5.41, 5.74) is 0. The lowest BCUT2D eigenvalue weighted by Crippen LogP contribution is -2.42. The van der Waals surface area contributed by atoms with Gasteiger partial charge in [-0.15, -0.1) is 0 Å². The lowest BCUT2D eigenvalue weighted by Gasteiger charge is -2.29. The van der Waals surface area contributed by atoms with E-state index in [1.54, 1.807) is 0 Å². The molecule has 1 saturated heterocycles. The van der Waals surface area contributed by atoms with Crippen LogP contribution in [0.5, 0.6) is 0 Å². The van der Waals surface area contributed by atoms with E-state index in [4.69, 9.17) is 0 Å². The zero-order valence-corrected chi connectivity index (χ0v) is 11.2. The van der Waals surface area contributed by atoms with Gasteiger partial charge < -0.3 is 4.90 Å². The van der Waals surface area contributed by atoms with Crippen molar-refractivity contribution in [3.8, 4) is 0 Å². The Morgan fingerprint density at radius 3 is 2.35 bits per heavy atom. The van der Waals surface area contributed by atoms with Crippen molar-refractivity contribution in [3.63, 3.8) is 0 Å². The van der Waals surface area contributed by atoms with E-state index in [2.05, 4.69) is 0 Å². The maximum atomic E-state index is 12.3. The first-order valence-electron chi connectivity index (χ1n) is 6.54. The highest BCUT2D eigenvalue weighted by Gasteiger charge is 2.37. The van der Waals surface area contributed by atoms with Gasteiger partial charge in [0.2, 0.25) is 5.91 Å².